The first-order chi connectivity index (χ1) is 12.5. The Morgan fingerprint density at radius 2 is 1.77 bits per heavy atom. The average molecular weight is 432 g/mol. The molecule has 0 aromatic rings. The zero-order valence-electron chi connectivity index (χ0n) is 16.1. The van der Waals surface area contributed by atoms with Crippen LogP contribution in [0.25, 0.3) is 0 Å². The van der Waals surface area contributed by atoms with Gasteiger partial charge in [-0.2, -0.15) is 0 Å². The maximum absolute atomic E-state index is 11.7. The predicted octanol–water partition coefficient (Wildman–Crippen LogP) is 2.67. The number of hydrogen-bond donors (Lipinski definition) is 2. The summed E-state index contributed by atoms with van der Waals surface area (Å²) < 4.78 is 10.6. The van der Waals surface area contributed by atoms with Crippen molar-refractivity contribution < 1.29 is 14.3 Å². The largest absolute Gasteiger partial charge is 0.466 e. The molecule has 1 saturated heterocycles. The van der Waals surface area contributed by atoms with E-state index in [0.717, 1.165) is 25.9 Å². The van der Waals surface area contributed by atoms with Crippen molar-refractivity contribution in [2.45, 2.75) is 57.1 Å². The minimum atomic E-state index is -0.330. The number of nitrogens with two attached hydrogens (primary N) is 2. The fourth-order valence-electron chi connectivity index (χ4n) is 3.17. The number of nitrogens with zero attached hydrogens (tertiary/aromatic N) is 1. The molecule has 0 bridgehead atoms. The number of methoxy groups -OCH3 is 2. The highest BCUT2D eigenvalue weighted by molar-refractivity contribution is 9.11. The summed E-state index contributed by atoms with van der Waals surface area (Å²) in [7, 11) is 3.19. The van der Waals surface area contributed by atoms with Gasteiger partial charge in [0.2, 0.25) is 0 Å². The van der Waals surface area contributed by atoms with Crippen molar-refractivity contribution in [3.63, 3.8) is 0 Å². The zero-order chi connectivity index (χ0) is 19.4. The zero-order valence-corrected chi connectivity index (χ0v) is 17.7. The Bertz CT molecular complexity index is 469. The van der Waals surface area contributed by atoms with Crippen LogP contribution in [0.4, 0.5) is 0 Å². The number of allylic oxidation sites excluding steroid dienone is 2. The Hall–Kier alpha value is -0.890. The summed E-state index contributed by atoms with van der Waals surface area (Å²) in [5.74, 6) is -0.330. The van der Waals surface area contributed by atoms with Gasteiger partial charge in [0, 0.05) is 30.4 Å². The lowest BCUT2D eigenvalue weighted by Crippen LogP contribution is -2.41. The fraction of sp³-hybridized carbons (Fsp3) is 0.737. The summed E-state index contributed by atoms with van der Waals surface area (Å²) in [5, 5.41) is 0. The molecule has 1 heterocycles. The molecule has 0 unspecified atom stereocenters. The SMILES string of the molecule is COC(=O)/C(=C/C(Br)=C\N)CN1CCC(N)CC1.COC1CCCCC1. The van der Waals surface area contributed by atoms with E-state index in [2.05, 4.69) is 20.8 Å². The molecule has 1 aliphatic carbocycles. The van der Waals surface area contributed by atoms with Crippen LogP contribution in [0.2, 0.25) is 0 Å². The molecule has 0 atom stereocenters. The normalized spacial score (nSPS) is 21.1. The van der Waals surface area contributed by atoms with Crippen LogP contribution < -0.4 is 11.5 Å². The first kappa shape index (κ1) is 23.1. The van der Waals surface area contributed by atoms with Gasteiger partial charge in [-0.15, -0.1) is 0 Å². The number of hydrogen-bond acceptors (Lipinski definition) is 6. The number of ether oxygens (including phenoxy) is 2. The molecule has 26 heavy (non-hydrogen) atoms. The highest BCUT2D eigenvalue weighted by Crippen LogP contribution is 2.19. The van der Waals surface area contributed by atoms with Crippen LogP contribution in [-0.2, 0) is 14.3 Å². The van der Waals surface area contributed by atoms with Crippen LogP contribution in [-0.4, -0.2) is 56.9 Å². The Kier molecular flexibility index (Phi) is 11.8. The van der Waals surface area contributed by atoms with Gasteiger partial charge in [-0.1, -0.05) is 19.3 Å². The number of rotatable bonds is 5. The molecule has 0 radical (unpaired) electrons. The van der Waals surface area contributed by atoms with Crippen molar-refractivity contribution in [1.29, 1.82) is 0 Å². The van der Waals surface area contributed by atoms with Crippen molar-refractivity contribution in [1.82, 2.24) is 4.90 Å². The molecule has 1 aliphatic heterocycles. The van der Waals surface area contributed by atoms with Crippen LogP contribution in [0.5, 0.6) is 0 Å². The smallest absolute Gasteiger partial charge is 0.335 e. The number of halogens is 1. The van der Waals surface area contributed by atoms with Crippen LogP contribution >= 0.6 is 15.9 Å². The van der Waals surface area contributed by atoms with Crippen molar-refractivity contribution in [2.24, 2.45) is 11.5 Å². The molecule has 6 nitrogen and oxygen atoms in total. The Labute approximate surface area is 166 Å². The molecule has 1 saturated carbocycles. The second-order valence-corrected chi connectivity index (χ2v) is 7.74. The highest BCUT2D eigenvalue weighted by atomic mass is 79.9. The second-order valence-electron chi connectivity index (χ2n) is 6.82. The Morgan fingerprint density at radius 3 is 2.23 bits per heavy atom. The standard InChI is InChI=1S/C12H20BrN3O2.C7H14O/c1-18-12(17)9(6-10(13)7-14)8-16-4-2-11(15)3-5-16;1-8-7-5-3-2-4-6-7/h6-7,11H,2-5,8,14-15H2,1H3;7H,2-6H2,1H3/b9-6+,10-7+;. The van der Waals surface area contributed by atoms with Gasteiger partial charge >= 0.3 is 5.97 Å². The molecule has 0 amide bonds. The molecule has 2 aliphatic rings. The quantitative estimate of drug-likeness (QED) is 0.394. The van der Waals surface area contributed by atoms with Crippen LogP contribution in [0.1, 0.15) is 44.9 Å². The van der Waals surface area contributed by atoms with Crippen molar-refractivity contribution in [3.8, 4) is 0 Å². The molecule has 4 N–H and O–H groups in total. The van der Waals surface area contributed by atoms with Gasteiger partial charge in [-0.25, -0.2) is 4.79 Å². The topological polar surface area (TPSA) is 90.8 Å². The van der Waals surface area contributed by atoms with Gasteiger partial charge in [-0.05, 0) is 60.8 Å². The lowest BCUT2D eigenvalue weighted by Gasteiger charge is -2.30. The summed E-state index contributed by atoms with van der Waals surface area (Å²) in [5.41, 5.74) is 11.8. The van der Waals surface area contributed by atoms with Gasteiger partial charge in [0.05, 0.1) is 18.8 Å². The minimum Gasteiger partial charge on any atom is -0.466 e. The summed E-state index contributed by atoms with van der Waals surface area (Å²) in [4.78, 5) is 13.9. The van der Waals surface area contributed by atoms with E-state index < -0.39 is 0 Å². The van der Waals surface area contributed by atoms with Gasteiger partial charge in [0.25, 0.3) is 0 Å². The predicted molar refractivity (Wildman–Crippen MR) is 109 cm³/mol. The van der Waals surface area contributed by atoms with Crippen molar-refractivity contribution >= 4 is 21.9 Å². The lowest BCUT2D eigenvalue weighted by molar-refractivity contribution is -0.136. The van der Waals surface area contributed by atoms with E-state index in [1.54, 1.807) is 6.08 Å². The third-order valence-electron chi connectivity index (χ3n) is 4.83. The Balaban J connectivity index is 0.000000350. The van der Waals surface area contributed by atoms with E-state index in [1.807, 2.05) is 7.11 Å². The van der Waals surface area contributed by atoms with Crippen LogP contribution in [0, 0.1) is 0 Å². The molecular formula is C19H34BrN3O3. The number of piperidine rings is 1. The highest BCUT2D eigenvalue weighted by Gasteiger charge is 2.20. The number of esters is 1. The second kappa shape index (κ2) is 13.3. The van der Waals surface area contributed by atoms with Crippen molar-refractivity contribution in [3.05, 3.63) is 22.3 Å². The maximum Gasteiger partial charge on any atom is 0.335 e. The van der Waals surface area contributed by atoms with Gasteiger partial charge in [0.1, 0.15) is 0 Å². The van der Waals surface area contributed by atoms with E-state index >= 15 is 0 Å². The molecule has 0 spiro atoms. The van der Waals surface area contributed by atoms with Gasteiger partial charge in [-0.3, -0.25) is 4.90 Å². The number of carbonyl (C=O) groups is 1. The van der Waals surface area contributed by atoms with Crippen LogP contribution in [0.15, 0.2) is 22.3 Å². The summed E-state index contributed by atoms with van der Waals surface area (Å²) >= 11 is 3.26. The summed E-state index contributed by atoms with van der Waals surface area (Å²) in [6.45, 7) is 2.36. The third-order valence-corrected chi connectivity index (χ3v) is 5.32. The summed E-state index contributed by atoms with van der Waals surface area (Å²) in [6, 6.07) is 0.280. The molecular weight excluding hydrogens is 398 g/mol. The molecule has 150 valence electrons. The van der Waals surface area contributed by atoms with E-state index in [9.17, 15) is 4.79 Å². The molecule has 0 aromatic heterocycles. The first-order valence-electron chi connectivity index (χ1n) is 9.37. The number of likely N-dealkylation sites (tertiary alicyclic amines) is 1. The van der Waals surface area contributed by atoms with Gasteiger partial charge < -0.3 is 20.9 Å². The maximum atomic E-state index is 11.7. The Morgan fingerprint density at radius 1 is 1.15 bits per heavy atom. The summed E-state index contributed by atoms with van der Waals surface area (Å²) in [6.07, 6.45) is 12.3. The first-order valence-corrected chi connectivity index (χ1v) is 10.2. The van der Waals surface area contributed by atoms with E-state index in [1.165, 1.54) is 45.4 Å². The minimum absolute atomic E-state index is 0.280. The molecule has 0 aromatic carbocycles. The monoisotopic (exact) mass is 431 g/mol. The van der Waals surface area contributed by atoms with Gasteiger partial charge in [0.15, 0.2) is 0 Å². The third kappa shape index (κ3) is 9.16. The molecule has 2 fully saturated rings. The van der Waals surface area contributed by atoms with Crippen molar-refractivity contribution in [2.75, 3.05) is 33.9 Å². The molecule has 7 heteroatoms. The average Bonchev–Trinajstić information content (AvgIpc) is 2.69. The van der Waals surface area contributed by atoms with Crippen LogP contribution in [0.3, 0.4) is 0 Å². The van der Waals surface area contributed by atoms with E-state index in [0.29, 0.717) is 22.7 Å². The lowest BCUT2D eigenvalue weighted by atomic mass is 9.98. The van der Waals surface area contributed by atoms with E-state index in [-0.39, 0.29) is 12.0 Å². The molecule has 2 rings (SSSR count). The fourth-order valence-corrected chi connectivity index (χ4v) is 3.44. The number of carbonyl (C=O) groups excluding carboxylic acids is 1. The van der Waals surface area contributed by atoms with E-state index in [4.69, 9.17) is 20.9 Å².